The Morgan fingerprint density at radius 3 is 2.59 bits per heavy atom. The van der Waals surface area contributed by atoms with Crippen molar-refractivity contribution >= 4 is 28.6 Å². The number of carbonyl (C=O) groups is 2. The van der Waals surface area contributed by atoms with Gasteiger partial charge < -0.3 is 19.6 Å². The zero-order valence-electron chi connectivity index (χ0n) is 17.7. The van der Waals surface area contributed by atoms with Crippen LogP contribution in [0.2, 0.25) is 0 Å². The summed E-state index contributed by atoms with van der Waals surface area (Å²) in [6, 6.07) is 13.1. The molecule has 0 spiro atoms. The maximum absolute atomic E-state index is 13.4. The number of nitrogens with zero attached hydrogens (tertiary/aromatic N) is 3. The van der Waals surface area contributed by atoms with Gasteiger partial charge in [-0.15, -0.1) is 0 Å². The van der Waals surface area contributed by atoms with Gasteiger partial charge in [0.1, 0.15) is 11.9 Å². The van der Waals surface area contributed by atoms with Gasteiger partial charge in [-0.3, -0.25) is 4.79 Å². The van der Waals surface area contributed by atoms with Crippen LogP contribution in [0.1, 0.15) is 37.3 Å². The fourth-order valence-corrected chi connectivity index (χ4v) is 4.79. The second kappa shape index (κ2) is 8.61. The van der Waals surface area contributed by atoms with Crippen LogP contribution in [0.15, 0.2) is 53.1 Å². The predicted molar refractivity (Wildman–Crippen MR) is 118 cm³/mol. The van der Waals surface area contributed by atoms with Crippen molar-refractivity contribution in [3.05, 3.63) is 60.0 Å². The number of aromatic nitrogens is 1. The van der Waals surface area contributed by atoms with Crippen LogP contribution in [0, 0.1) is 5.82 Å². The van der Waals surface area contributed by atoms with Crippen molar-refractivity contribution in [2.24, 2.45) is 0 Å². The Labute approximate surface area is 185 Å². The van der Waals surface area contributed by atoms with Crippen molar-refractivity contribution in [1.29, 1.82) is 0 Å². The highest BCUT2D eigenvalue weighted by Gasteiger charge is 2.38. The van der Waals surface area contributed by atoms with Gasteiger partial charge in [0.15, 0.2) is 5.58 Å². The van der Waals surface area contributed by atoms with E-state index in [1.165, 1.54) is 12.1 Å². The molecule has 5 rings (SSSR count). The number of hydrogen-bond acceptors (Lipinski definition) is 4. The lowest BCUT2D eigenvalue weighted by Crippen LogP contribution is -2.50. The molecule has 0 saturated carbocycles. The SMILES string of the molecule is O=C(C1CCCN1C(=O)Nc1ccccc1)N1CCC(c2noc3cc(F)ccc23)CC1. The Kier molecular flexibility index (Phi) is 5.51. The maximum Gasteiger partial charge on any atom is 0.322 e. The number of rotatable bonds is 3. The molecular formula is C24H25FN4O3. The monoisotopic (exact) mass is 436 g/mol. The second-order valence-corrected chi connectivity index (χ2v) is 8.46. The molecule has 3 amide bonds. The topological polar surface area (TPSA) is 78.7 Å². The quantitative estimate of drug-likeness (QED) is 0.661. The van der Waals surface area contributed by atoms with E-state index in [-0.39, 0.29) is 23.7 Å². The molecule has 2 saturated heterocycles. The first-order valence-electron chi connectivity index (χ1n) is 11.1. The minimum Gasteiger partial charge on any atom is -0.356 e. The van der Waals surface area contributed by atoms with E-state index in [0.717, 1.165) is 36.0 Å². The van der Waals surface area contributed by atoms with Gasteiger partial charge in [-0.05, 0) is 49.9 Å². The highest BCUT2D eigenvalue weighted by molar-refractivity contribution is 5.94. The highest BCUT2D eigenvalue weighted by Crippen LogP contribution is 2.33. The van der Waals surface area contributed by atoms with E-state index in [4.69, 9.17) is 4.52 Å². The molecule has 0 radical (unpaired) electrons. The van der Waals surface area contributed by atoms with Gasteiger partial charge in [-0.1, -0.05) is 23.4 Å². The fourth-order valence-electron chi connectivity index (χ4n) is 4.79. The van der Waals surface area contributed by atoms with Gasteiger partial charge in [-0.2, -0.15) is 0 Å². The Morgan fingerprint density at radius 1 is 1.03 bits per heavy atom. The van der Waals surface area contributed by atoms with E-state index in [9.17, 15) is 14.0 Å². The summed E-state index contributed by atoms with van der Waals surface area (Å²) in [5, 5.41) is 7.89. The minimum atomic E-state index is -0.425. The maximum atomic E-state index is 13.4. The first-order valence-corrected chi connectivity index (χ1v) is 11.1. The number of likely N-dealkylation sites (tertiary alicyclic amines) is 2. The van der Waals surface area contributed by atoms with Gasteiger partial charge in [0, 0.05) is 42.7 Å². The van der Waals surface area contributed by atoms with E-state index in [0.29, 0.717) is 31.6 Å². The van der Waals surface area contributed by atoms with E-state index >= 15 is 0 Å². The number of amides is 3. The van der Waals surface area contributed by atoms with Gasteiger partial charge >= 0.3 is 6.03 Å². The molecule has 3 aromatic rings. The fraction of sp³-hybridized carbons (Fsp3) is 0.375. The van der Waals surface area contributed by atoms with Gasteiger partial charge in [-0.25, -0.2) is 9.18 Å². The minimum absolute atomic E-state index is 0.0104. The summed E-state index contributed by atoms with van der Waals surface area (Å²) in [6.45, 7) is 1.78. The van der Waals surface area contributed by atoms with Crippen LogP contribution < -0.4 is 5.32 Å². The lowest BCUT2D eigenvalue weighted by Gasteiger charge is -2.35. The van der Waals surface area contributed by atoms with E-state index in [1.807, 2.05) is 35.2 Å². The van der Waals surface area contributed by atoms with Crippen LogP contribution in [0.3, 0.4) is 0 Å². The normalized spacial score (nSPS) is 19.5. The molecule has 1 N–H and O–H groups in total. The zero-order chi connectivity index (χ0) is 22.1. The third kappa shape index (κ3) is 3.92. The molecule has 3 heterocycles. The molecule has 32 heavy (non-hydrogen) atoms. The Bertz CT molecular complexity index is 1120. The van der Waals surface area contributed by atoms with Crippen LogP contribution in [-0.2, 0) is 4.79 Å². The van der Waals surface area contributed by atoms with Crippen LogP contribution in [0.5, 0.6) is 0 Å². The summed E-state index contributed by atoms with van der Waals surface area (Å²) in [5.74, 6) is -0.180. The molecule has 2 aliphatic rings. The number of anilines is 1. The largest absolute Gasteiger partial charge is 0.356 e. The molecule has 2 fully saturated rings. The molecule has 7 nitrogen and oxygen atoms in total. The Hall–Kier alpha value is -3.42. The lowest BCUT2D eigenvalue weighted by molar-refractivity contribution is -0.136. The van der Waals surface area contributed by atoms with Crippen LogP contribution in [0.25, 0.3) is 11.0 Å². The van der Waals surface area contributed by atoms with E-state index < -0.39 is 6.04 Å². The number of halogens is 1. The van der Waals surface area contributed by atoms with Crippen molar-refractivity contribution in [2.75, 3.05) is 25.0 Å². The number of urea groups is 1. The molecule has 8 heteroatoms. The Morgan fingerprint density at radius 2 is 1.81 bits per heavy atom. The average molecular weight is 436 g/mol. The first kappa shape index (κ1) is 20.5. The first-order chi connectivity index (χ1) is 15.6. The molecular weight excluding hydrogens is 411 g/mol. The standard InChI is InChI=1S/C24H25FN4O3/c25-17-8-9-19-21(15-17)32-27-22(19)16-10-13-28(14-11-16)23(30)20-7-4-12-29(20)24(31)26-18-5-2-1-3-6-18/h1-3,5-6,8-9,15-16,20H,4,7,10-14H2,(H,26,31). The molecule has 0 bridgehead atoms. The second-order valence-electron chi connectivity index (χ2n) is 8.46. The molecule has 1 unspecified atom stereocenters. The molecule has 2 aromatic carbocycles. The van der Waals surface area contributed by atoms with Crippen molar-refractivity contribution in [1.82, 2.24) is 15.0 Å². The predicted octanol–water partition coefficient (Wildman–Crippen LogP) is 4.37. The molecule has 1 aromatic heterocycles. The Balaban J connectivity index is 1.22. The smallest absolute Gasteiger partial charge is 0.322 e. The third-order valence-corrected chi connectivity index (χ3v) is 6.48. The van der Waals surface area contributed by atoms with E-state index in [1.54, 1.807) is 11.0 Å². The van der Waals surface area contributed by atoms with Gasteiger partial charge in [0.25, 0.3) is 0 Å². The van der Waals surface area contributed by atoms with E-state index in [2.05, 4.69) is 10.5 Å². The van der Waals surface area contributed by atoms with Crippen molar-refractivity contribution in [2.45, 2.75) is 37.6 Å². The summed E-state index contributed by atoms with van der Waals surface area (Å²) in [6.07, 6.45) is 3.01. The van der Waals surface area contributed by atoms with Crippen LogP contribution >= 0.6 is 0 Å². The van der Waals surface area contributed by atoms with Crippen molar-refractivity contribution in [3.8, 4) is 0 Å². The number of benzene rings is 2. The summed E-state index contributed by atoms with van der Waals surface area (Å²) in [4.78, 5) is 29.5. The zero-order valence-corrected chi connectivity index (χ0v) is 17.7. The summed E-state index contributed by atoms with van der Waals surface area (Å²) in [7, 11) is 0. The van der Waals surface area contributed by atoms with Crippen LogP contribution in [-0.4, -0.2) is 52.6 Å². The number of para-hydroxylation sites is 1. The average Bonchev–Trinajstić information content (AvgIpc) is 3.46. The van der Waals surface area contributed by atoms with Crippen molar-refractivity contribution < 1.29 is 18.5 Å². The summed E-state index contributed by atoms with van der Waals surface area (Å²) >= 11 is 0. The van der Waals surface area contributed by atoms with Crippen LogP contribution in [0.4, 0.5) is 14.9 Å². The number of hydrogen-bond donors (Lipinski definition) is 1. The third-order valence-electron chi connectivity index (χ3n) is 6.48. The van der Waals surface area contributed by atoms with Gasteiger partial charge in [0.2, 0.25) is 5.91 Å². The molecule has 2 aliphatic heterocycles. The van der Waals surface area contributed by atoms with Gasteiger partial charge in [0.05, 0.1) is 5.69 Å². The summed E-state index contributed by atoms with van der Waals surface area (Å²) in [5.41, 5.74) is 2.00. The molecule has 1 atom stereocenters. The van der Waals surface area contributed by atoms with Crippen molar-refractivity contribution in [3.63, 3.8) is 0 Å². The number of carbonyl (C=O) groups excluding carboxylic acids is 2. The number of piperidine rings is 1. The molecule has 0 aliphatic carbocycles. The summed E-state index contributed by atoms with van der Waals surface area (Å²) < 4.78 is 18.7. The highest BCUT2D eigenvalue weighted by atomic mass is 19.1. The number of fused-ring (bicyclic) bond motifs is 1. The lowest BCUT2D eigenvalue weighted by atomic mass is 9.91. The molecule has 166 valence electrons. The number of nitrogens with one attached hydrogen (secondary N) is 1.